The standard InChI is InChI=1S/C15H23BrN4O.HI/c16-14-4-2-13(3-5-14)12-19-15(17)18-6-1-7-20-8-10-21-11-9-20;/h2-5H,1,6-12H2,(H3,17,18,19);1H. The Morgan fingerprint density at radius 1 is 1.27 bits per heavy atom. The zero-order valence-corrected chi connectivity index (χ0v) is 16.5. The molecule has 1 aromatic rings. The van der Waals surface area contributed by atoms with Gasteiger partial charge in [0.25, 0.3) is 0 Å². The molecule has 1 fully saturated rings. The van der Waals surface area contributed by atoms with Gasteiger partial charge in [-0.15, -0.1) is 24.0 Å². The van der Waals surface area contributed by atoms with Crippen LogP contribution in [0.25, 0.3) is 0 Å². The van der Waals surface area contributed by atoms with Gasteiger partial charge in [0, 0.05) is 24.1 Å². The Morgan fingerprint density at radius 2 is 1.95 bits per heavy atom. The lowest BCUT2D eigenvalue weighted by atomic mass is 10.2. The summed E-state index contributed by atoms with van der Waals surface area (Å²) < 4.78 is 6.40. The van der Waals surface area contributed by atoms with Gasteiger partial charge in [-0.1, -0.05) is 28.1 Å². The first-order valence-electron chi connectivity index (χ1n) is 7.32. The van der Waals surface area contributed by atoms with Crippen molar-refractivity contribution in [2.75, 3.05) is 39.4 Å². The average molecular weight is 483 g/mol. The van der Waals surface area contributed by atoms with E-state index in [-0.39, 0.29) is 24.0 Å². The van der Waals surface area contributed by atoms with Crippen molar-refractivity contribution in [3.63, 3.8) is 0 Å². The van der Waals surface area contributed by atoms with Gasteiger partial charge in [0.2, 0.25) is 0 Å². The third kappa shape index (κ3) is 7.75. The summed E-state index contributed by atoms with van der Waals surface area (Å²) in [5, 5.41) is 3.16. The topological polar surface area (TPSA) is 62.9 Å². The van der Waals surface area contributed by atoms with Gasteiger partial charge in [0.15, 0.2) is 5.96 Å². The first-order valence-corrected chi connectivity index (χ1v) is 8.11. The number of hydrogen-bond donors (Lipinski definition) is 2. The molecule has 5 nitrogen and oxygen atoms in total. The molecule has 1 saturated heterocycles. The Kier molecular flexibility index (Phi) is 10.0. The molecule has 0 aromatic heterocycles. The van der Waals surface area contributed by atoms with E-state index in [1.165, 1.54) is 0 Å². The van der Waals surface area contributed by atoms with Crippen molar-refractivity contribution in [3.05, 3.63) is 34.3 Å². The predicted octanol–water partition coefficient (Wildman–Crippen LogP) is 2.19. The van der Waals surface area contributed by atoms with Crippen LogP contribution in [0.15, 0.2) is 33.7 Å². The fourth-order valence-corrected chi connectivity index (χ4v) is 2.43. The van der Waals surface area contributed by atoms with E-state index in [1.807, 2.05) is 24.3 Å². The van der Waals surface area contributed by atoms with Crippen LogP contribution < -0.4 is 11.1 Å². The van der Waals surface area contributed by atoms with Gasteiger partial charge < -0.3 is 15.8 Å². The molecule has 0 unspecified atom stereocenters. The van der Waals surface area contributed by atoms with Gasteiger partial charge in [-0.25, -0.2) is 4.99 Å². The number of hydrogen-bond acceptors (Lipinski definition) is 3. The SMILES string of the molecule is I.NC(=NCc1ccc(Br)cc1)NCCCN1CCOCC1. The van der Waals surface area contributed by atoms with Crippen LogP contribution in [0.2, 0.25) is 0 Å². The number of rotatable bonds is 6. The Labute approximate surface area is 157 Å². The molecule has 2 rings (SSSR count). The van der Waals surface area contributed by atoms with Crippen LogP contribution in [-0.4, -0.2) is 50.3 Å². The molecule has 0 radical (unpaired) electrons. The molecule has 0 aliphatic carbocycles. The molecule has 1 aliphatic heterocycles. The fraction of sp³-hybridized carbons (Fsp3) is 0.533. The highest BCUT2D eigenvalue weighted by Crippen LogP contribution is 2.10. The first kappa shape index (κ1) is 19.7. The van der Waals surface area contributed by atoms with E-state index in [0.717, 1.165) is 55.8 Å². The van der Waals surface area contributed by atoms with Crippen molar-refractivity contribution in [1.29, 1.82) is 0 Å². The lowest BCUT2D eigenvalue weighted by Crippen LogP contribution is -2.39. The second-order valence-electron chi connectivity index (χ2n) is 5.06. The molecule has 7 heteroatoms. The van der Waals surface area contributed by atoms with Crippen LogP contribution in [-0.2, 0) is 11.3 Å². The maximum atomic E-state index is 5.87. The zero-order chi connectivity index (χ0) is 14.9. The minimum Gasteiger partial charge on any atom is -0.379 e. The maximum absolute atomic E-state index is 5.87. The summed E-state index contributed by atoms with van der Waals surface area (Å²) in [6.07, 6.45) is 1.06. The Morgan fingerprint density at radius 3 is 2.64 bits per heavy atom. The normalized spacial score (nSPS) is 16.1. The minimum absolute atomic E-state index is 0. The van der Waals surface area contributed by atoms with Gasteiger partial charge in [-0.05, 0) is 30.7 Å². The molecule has 0 saturated carbocycles. The minimum atomic E-state index is 0. The highest BCUT2D eigenvalue weighted by Gasteiger charge is 2.08. The molecule has 0 spiro atoms. The number of guanidine groups is 1. The van der Waals surface area contributed by atoms with Gasteiger partial charge >= 0.3 is 0 Å². The highest BCUT2D eigenvalue weighted by atomic mass is 127. The summed E-state index contributed by atoms with van der Waals surface area (Å²) in [6.45, 7) is 6.31. The lowest BCUT2D eigenvalue weighted by Gasteiger charge is -2.26. The zero-order valence-electron chi connectivity index (χ0n) is 12.6. The van der Waals surface area contributed by atoms with E-state index in [1.54, 1.807) is 0 Å². The monoisotopic (exact) mass is 482 g/mol. The number of nitrogens with one attached hydrogen (secondary N) is 1. The molecule has 0 atom stereocenters. The van der Waals surface area contributed by atoms with Gasteiger partial charge in [0.1, 0.15) is 0 Å². The summed E-state index contributed by atoms with van der Waals surface area (Å²) in [5.41, 5.74) is 7.02. The number of nitrogens with two attached hydrogens (primary N) is 1. The maximum Gasteiger partial charge on any atom is 0.188 e. The van der Waals surface area contributed by atoms with Gasteiger partial charge in [-0.3, -0.25) is 4.90 Å². The van der Waals surface area contributed by atoms with Crippen molar-refractivity contribution >= 4 is 45.9 Å². The predicted molar refractivity (Wildman–Crippen MR) is 105 cm³/mol. The van der Waals surface area contributed by atoms with Gasteiger partial charge in [-0.2, -0.15) is 0 Å². The molecular formula is C15H24BrIN4O. The summed E-state index contributed by atoms with van der Waals surface area (Å²) in [7, 11) is 0. The number of morpholine rings is 1. The molecule has 1 aliphatic rings. The van der Waals surface area contributed by atoms with Crippen molar-refractivity contribution in [3.8, 4) is 0 Å². The van der Waals surface area contributed by atoms with E-state index in [4.69, 9.17) is 10.5 Å². The van der Waals surface area contributed by atoms with Crippen molar-refractivity contribution < 1.29 is 4.74 Å². The highest BCUT2D eigenvalue weighted by molar-refractivity contribution is 14.0. The Balaban J connectivity index is 0.00000242. The molecule has 22 heavy (non-hydrogen) atoms. The number of aliphatic imine (C=N–C) groups is 1. The van der Waals surface area contributed by atoms with Crippen LogP contribution in [0.3, 0.4) is 0 Å². The van der Waals surface area contributed by atoms with E-state index >= 15 is 0 Å². The quantitative estimate of drug-likeness (QED) is 0.282. The van der Waals surface area contributed by atoms with Crippen LogP contribution >= 0.6 is 39.9 Å². The summed E-state index contributed by atoms with van der Waals surface area (Å²) in [5.74, 6) is 0.514. The van der Waals surface area contributed by atoms with Crippen LogP contribution in [0.1, 0.15) is 12.0 Å². The summed E-state index contributed by atoms with van der Waals surface area (Å²) in [6, 6.07) is 8.10. The molecular weight excluding hydrogens is 459 g/mol. The van der Waals surface area contributed by atoms with Crippen LogP contribution in [0.5, 0.6) is 0 Å². The molecule has 0 bridgehead atoms. The van der Waals surface area contributed by atoms with E-state index in [2.05, 4.69) is 31.1 Å². The molecule has 3 N–H and O–H groups in total. The third-order valence-electron chi connectivity index (χ3n) is 3.41. The summed E-state index contributed by atoms with van der Waals surface area (Å²) in [4.78, 5) is 6.76. The van der Waals surface area contributed by atoms with Gasteiger partial charge in [0.05, 0.1) is 19.8 Å². The number of benzene rings is 1. The Hall–Kier alpha value is -0.380. The average Bonchev–Trinajstić information content (AvgIpc) is 2.52. The number of nitrogens with zero attached hydrogens (tertiary/aromatic N) is 2. The summed E-state index contributed by atoms with van der Waals surface area (Å²) >= 11 is 3.42. The van der Waals surface area contributed by atoms with Crippen molar-refractivity contribution in [2.45, 2.75) is 13.0 Å². The van der Waals surface area contributed by atoms with E-state index in [9.17, 15) is 0 Å². The smallest absolute Gasteiger partial charge is 0.188 e. The third-order valence-corrected chi connectivity index (χ3v) is 3.93. The van der Waals surface area contributed by atoms with Crippen LogP contribution in [0, 0.1) is 0 Å². The lowest BCUT2D eigenvalue weighted by molar-refractivity contribution is 0.0376. The van der Waals surface area contributed by atoms with E-state index < -0.39 is 0 Å². The Bertz CT molecular complexity index is 449. The van der Waals surface area contributed by atoms with Crippen molar-refractivity contribution in [1.82, 2.24) is 10.2 Å². The second kappa shape index (κ2) is 11.2. The largest absolute Gasteiger partial charge is 0.379 e. The molecule has 124 valence electrons. The van der Waals surface area contributed by atoms with E-state index in [0.29, 0.717) is 12.5 Å². The second-order valence-corrected chi connectivity index (χ2v) is 5.98. The molecule has 1 aromatic carbocycles. The van der Waals surface area contributed by atoms with Crippen molar-refractivity contribution in [2.24, 2.45) is 10.7 Å². The van der Waals surface area contributed by atoms with Crippen LogP contribution in [0.4, 0.5) is 0 Å². The molecule has 0 amide bonds. The number of ether oxygens (including phenoxy) is 1. The fourth-order valence-electron chi connectivity index (χ4n) is 2.17. The first-order chi connectivity index (χ1) is 10.2. The molecule has 1 heterocycles. The number of halogens is 2.